The van der Waals surface area contributed by atoms with E-state index in [4.69, 9.17) is 16.3 Å². The highest BCUT2D eigenvalue weighted by molar-refractivity contribution is 7.09. The molecular formula is C20H18ClN3O4S. The largest absolute Gasteiger partial charge is 0.487 e. The van der Waals surface area contributed by atoms with Gasteiger partial charge in [0.25, 0.3) is 11.6 Å². The van der Waals surface area contributed by atoms with Gasteiger partial charge in [-0.2, -0.15) is 0 Å². The van der Waals surface area contributed by atoms with Crippen molar-refractivity contribution in [2.24, 2.45) is 0 Å². The van der Waals surface area contributed by atoms with Gasteiger partial charge in [-0.15, -0.1) is 11.3 Å². The first kappa shape index (κ1) is 20.8. The highest BCUT2D eigenvalue weighted by Crippen LogP contribution is 2.24. The van der Waals surface area contributed by atoms with Crippen molar-refractivity contribution in [2.75, 3.05) is 7.05 Å². The van der Waals surface area contributed by atoms with E-state index in [9.17, 15) is 14.9 Å². The molecule has 0 aliphatic rings. The molecule has 0 unspecified atom stereocenters. The lowest BCUT2D eigenvalue weighted by Gasteiger charge is -2.18. The van der Waals surface area contributed by atoms with Crippen LogP contribution in [0.25, 0.3) is 0 Å². The Kier molecular flexibility index (Phi) is 6.46. The van der Waals surface area contributed by atoms with Crippen molar-refractivity contribution in [3.05, 3.63) is 84.8 Å². The predicted molar refractivity (Wildman–Crippen MR) is 112 cm³/mol. The van der Waals surface area contributed by atoms with Crippen molar-refractivity contribution >= 4 is 34.5 Å². The quantitative estimate of drug-likeness (QED) is 0.393. The fourth-order valence-electron chi connectivity index (χ4n) is 2.67. The number of ether oxygens (including phenoxy) is 1. The van der Waals surface area contributed by atoms with E-state index in [2.05, 4.69) is 4.98 Å². The number of non-ortho nitro benzene ring substituents is 1. The molecule has 29 heavy (non-hydrogen) atoms. The summed E-state index contributed by atoms with van der Waals surface area (Å²) in [4.78, 5) is 28.9. The van der Waals surface area contributed by atoms with E-state index in [1.54, 1.807) is 42.6 Å². The molecule has 7 nitrogen and oxygen atoms in total. The summed E-state index contributed by atoms with van der Waals surface area (Å²) in [6.45, 7) is 2.45. The lowest BCUT2D eigenvalue weighted by molar-refractivity contribution is -0.384. The Morgan fingerprint density at radius 3 is 2.62 bits per heavy atom. The van der Waals surface area contributed by atoms with Crippen LogP contribution in [0.2, 0.25) is 5.02 Å². The van der Waals surface area contributed by atoms with Crippen LogP contribution in [0, 0.1) is 17.0 Å². The van der Waals surface area contributed by atoms with Gasteiger partial charge in [0, 0.05) is 41.7 Å². The van der Waals surface area contributed by atoms with Gasteiger partial charge in [0.2, 0.25) is 0 Å². The number of aromatic nitrogens is 1. The number of amides is 1. The summed E-state index contributed by atoms with van der Waals surface area (Å²) in [5.41, 5.74) is 1.78. The van der Waals surface area contributed by atoms with Gasteiger partial charge in [-0.3, -0.25) is 14.9 Å². The number of carbonyl (C=O) groups is 1. The molecule has 150 valence electrons. The highest BCUT2D eigenvalue weighted by Gasteiger charge is 2.16. The Hall–Kier alpha value is -2.97. The SMILES string of the molecule is Cc1nc(COc2ccc(C(=O)N(C)Cc3cc([N+](=O)[O-])ccc3Cl)cc2)cs1. The molecule has 9 heteroatoms. The molecule has 2 aromatic carbocycles. The normalized spacial score (nSPS) is 10.6. The third kappa shape index (κ3) is 5.30. The molecule has 0 spiro atoms. The Bertz CT molecular complexity index is 1040. The molecule has 0 aliphatic heterocycles. The molecule has 3 aromatic rings. The second-order valence-electron chi connectivity index (χ2n) is 6.36. The molecule has 1 aromatic heterocycles. The van der Waals surface area contributed by atoms with Crippen LogP contribution in [-0.2, 0) is 13.2 Å². The van der Waals surface area contributed by atoms with E-state index in [-0.39, 0.29) is 18.1 Å². The number of hydrogen-bond donors (Lipinski definition) is 0. The van der Waals surface area contributed by atoms with E-state index >= 15 is 0 Å². The van der Waals surface area contributed by atoms with E-state index in [1.165, 1.54) is 23.1 Å². The zero-order valence-electron chi connectivity index (χ0n) is 15.8. The van der Waals surface area contributed by atoms with E-state index < -0.39 is 4.92 Å². The summed E-state index contributed by atoms with van der Waals surface area (Å²) in [5, 5.41) is 14.2. The zero-order valence-corrected chi connectivity index (χ0v) is 17.4. The number of nitro groups is 1. The lowest BCUT2D eigenvalue weighted by atomic mass is 10.1. The van der Waals surface area contributed by atoms with Gasteiger partial charge >= 0.3 is 0 Å². The minimum atomic E-state index is -0.493. The summed E-state index contributed by atoms with van der Waals surface area (Å²) < 4.78 is 5.69. The van der Waals surface area contributed by atoms with Gasteiger partial charge in [-0.05, 0) is 42.8 Å². The molecule has 1 amide bonds. The highest BCUT2D eigenvalue weighted by atomic mass is 35.5. The van der Waals surface area contributed by atoms with Gasteiger partial charge in [0.1, 0.15) is 12.4 Å². The van der Waals surface area contributed by atoms with E-state index in [0.29, 0.717) is 28.5 Å². The molecular weight excluding hydrogens is 414 g/mol. The maximum Gasteiger partial charge on any atom is 0.269 e. The van der Waals surface area contributed by atoms with Gasteiger partial charge in [-0.25, -0.2) is 4.98 Å². The number of benzene rings is 2. The van der Waals surface area contributed by atoms with Crippen LogP contribution >= 0.6 is 22.9 Å². The Morgan fingerprint density at radius 1 is 1.28 bits per heavy atom. The van der Waals surface area contributed by atoms with Crippen LogP contribution in [0.15, 0.2) is 47.8 Å². The number of aryl methyl sites for hydroxylation is 1. The third-order valence-corrected chi connectivity index (χ3v) is 5.34. The Morgan fingerprint density at radius 2 is 2.00 bits per heavy atom. The minimum absolute atomic E-state index is 0.0675. The number of nitro benzene ring substituents is 1. The second-order valence-corrected chi connectivity index (χ2v) is 7.83. The van der Waals surface area contributed by atoms with Gasteiger partial charge in [0.05, 0.1) is 15.6 Å². The lowest BCUT2D eigenvalue weighted by Crippen LogP contribution is -2.26. The fraction of sp³-hybridized carbons (Fsp3) is 0.200. The zero-order chi connectivity index (χ0) is 21.0. The topological polar surface area (TPSA) is 85.6 Å². The minimum Gasteiger partial charge on any atom is -0.487 e. The number of thiazole rings is 1. The molecule has 0 saturated carbocycles. The van der Waals surface area contributed by atoms with Crippen LogP contribution in [-0.4, -0.2) is 27.8 Å². The summed E-state index contributed by atoms with van der Waals surface area (Å²) in [6.07, 6.45) is 0. The summed E-state index contributed by atoms with van der Waals surface area (Å²) >= 11 is 7.69. The maximum atomic E-state index is 12.7. The first-order valence-electron chi connectivity index (χ1n) is 8.65. The Balaban J connectivity index is 1.63. The summed E-state index contributed by atoms with van der Waals surface area (Å²) in [5.74, 6) is 0.408. The molecule has 0 fully saturated rings. The van der Waals surface area contributed by atoms with Crippen LogP contribution in [0.4, 0.5) is 5.69 Å². The molecule has 0 atom stereocenters. The number of rotatable bonds is 7. The predicted octanol–water partition coefficient (Wildman–Crippen LogP) is 4.86. The fourth-order valence-corrected chi connectivity index (χ4v) is 3.44. The van der Waals surface area contributed by atoms with E-state index in [1.807, 2.05) is 12.3 Å². The van der Waals surface area contributed by atoms with Crippen molar-refractivity contribution in [1.82, 2.24) is 9.88 Å². The number of carbonyl (C=O) groups excluding carboxylic acids is 1. The van der Waals surface area contributed by atoms with Crippen LogP contribution < -0.4 is 4.74 Å². The number of nitrogens with zero attached hydrogens (tertiary/aromatic N) is 3. The first-order valence-corrected chi connectivity index (χ1v) is 9.91. The van der Waals surface area contributed by atoms with Gasteiger partial charge in [0.15, 0.2) is 0 Å². The average Bonchev–Trinajstić information content (AvgIpc) is 3.13. The van der Waals surface area contributed by atoms with Gasteiger partial charge in [-0.1, -0.05) is 11.6 Å². The Labute approximate surface area is 176 Å². The van der Waals surface area contributed by atoms with Crippen molar-refractivity contribution in [1.29, 1.82) is 0 Å². The molecule has 1 heterocycles. The maximum absolute atomic E-state index is 12.7. The first-order chi connectivity index (χ1) is 13.8. The average molecular weight is 432 g/mol. The molecule has 0 bridgehead atoms. The van der Waals surface area contributed by atoms with Gasteiger partial charge < -0.3 is 9.64 Å². The standard InChI is InChI=1S/C20H18ClN3O4S/c1-13-22-16(12-29-13)11-28-18-6-3-14(4-7-18)20(25)23(2)10-15-9-17(24(26)27)5-8-19(15)21/h3-9,12H,10-11H2,1-2H3. The van der Waals surface area contributed by atoms with Crippen molar-refractivity contribution < 1.29 is 14.5 Å². The smallest absolute Gasteiger partial charge is 0.269 e. The molecule has 0 N–H and O–H groups in total. The van der Waals surface area contributed by atoms with E-state index in [0.717, 1.165) is 10.7 Å². The summed E-state index contributed by atoms with van der Waals surface area (Å²) in [6, 6.07) is 11.0. The van der Waals surface area contributed by atoms with Crippen LogP contribution in [0.3, 0.4) is 0 Å². The van der Waals surface area contributed by atoms with Crippen molar-refractivity contribution in [3.8, 4) is 5.75 Å². The second kappa shape index (κ2) is 9.02. The third-order valence-electron chi connectivity index (χ3n) is 4.15. The summed E-state index contributed by atoms with van der Waals surface area (Å²) in [7, 11) is 1.62. The molecule has 0 saturated heterocycles. The number of hydrogen-bond acceptors (Lipinski definition) is 6. The molecule has 3 rings (SSSR count). The number of halogens is 1. The van der Waals surface area contributed by atoms with Crippen LogP contribution in [0.5, 0.6) is 5.75 Å². The van der Waals surface area contributed by atoms with Crippen molar-refractivity contribution in [2.45, 2.75) is 20.1 Å². The molecule has 0 radical (unpaired) electrons. The monoisotopic (exact) mass is 431 g/mol. The van der Waals surface area contributed by atoms with Crippen LogP contribution in [0.1, 0.15) is 26.6 Å². The molecule has 0 aliphatic carbocycles. The van der Waals surface area contributed by atoms with Crippen molar-refractivity contribution in [3.63, 3.8) is 0 Å².